The predicted molar refractivity (Wildman–Crippen MR) is 109 cm³/mol. The van der Waals surface area contributed by atoms with Gasteiger partial charge in [0.25, 0.3) is 0 Å². The molecule has 0 fully saturated rings. The standard InChI is InChI=1S/C19H14ClNO3S2/c1-12(22)24-17-8-7-14(9-15(17)20)10-16-18(23)26-19(21-16)25-11-13-5-3-2-4-6-13/h2-10H,11H2,1H3/b16-10-. The van der Waals surface area contributed by atoms with Gasteiger partial charge in [-0.05, 0) is 41.1 Å². The molecule has 3 rings (SSSR count). The SMILES string of the molecule is CC(=O)Oc1ccc(/C=C2\N=C(SCc3ccccc3)SC2=O)cc1Cl. The first-order valence-corrected chi connectivity index (χ1v) is 9.86. The zero-order valence-electron chi connectivity index (χ0n) is 13.8. The molecule has 132 valence electrons. The first-order chi connectivity index (χ1) is 12.5. The molecule has 2 aromatic carbocycles. The van der Waals surface area contributed by atoms with Crippen LogP contribution in [-0.2, 0) is 15.3 Å². The molecule has 0 aliphatic carbocycles. The van der Waals surface area contributed by atoms with Crippen molar-refractivity contribution >= 4 is 56.7 Å². The molecule has 1 aliphatic rings. The molecule has 1 heterocycles. The number of hydrogen-bond donors (Lipinski definition) is 0. The van der Waals surface area contributed by atoms with Gasteiger partial charge in [0.05, 0.1) is 5.02 Å². The number of hydrogen-bond acceptors (Lipinski definition) is 6. The second kappa shape index (κ2) is 8.58. The molecular formula is C19H14ClNO3S2. The van der Waals surface area contributed by atoms with Gasteiger partial charge < -0.3 is 4.74 Å². The van der Waals surface area contributed by atoms with E-state index in [2.05, 4.69) is 4.99 Å². The Morgan fingerprint density at radius 2 is 2.04 bits per heavy atom. The molecule has 0 radical (unpaired) electrons. The molecular weight excluding hydrogens is 390 g/mol. The lowest BCUT2D eigenvalue weighted by atomic mass is 10.2. The number of carbonyl (C=O) groups excluding carboxylic acids is 2. The predicted octanol–water partition coefficient (Wildman–Crippen LogP) is 5.17. The van der Waals surface area contributed by atoms with E-state index in [1.807, 2.05) is 30.3 Å². The van der Waals surface area contributed by atoms with Crippen LogP contribution in [0.3, 0.4) is 0 Å². The maximum atomic E-state index is 12.2. The summed E-state index contributed by atoms with van der Waals surface area (Å²) in [5.41, 5.74) is 2.27. The molecule has 4 nitrogen and oxygen atoms in total. The van der Waals surface area contributed by atoms with E-state index in [9.17, 15) is 9.59 Å². The molecule has 0 spiro atoms. The molecule has 0 atom stereocenters. The monoisotopic (exact) mass is 403 g/mol. The van der Waals surface area contributed by atoms with Gasteiger partial charge in [0.1, 0.15) is 15.8 Å². The van der Waals surface area contributed by atoms with Gasteiger partial charge in [-0.25, -0.2) is 4.99 Å². The van der Waals surface area contributed by atoms with Crippen molar-refractivity contribution in [2.75, 3.05) is 0 Å². The lowest BCUT2D eigenvalue weighted by Crippen LogP contribution is -2.01. The van der Waals surface area contributed by atoms with E-state index >= 15 is 0 Å². The van der Waals surface area contributed by atoms with Gasteiger partial charge in [-0.3, -0.25) is 9.59 Å². The summed E-state index contributed by atoms with van der Waals surface area (Å²) in [6.45, 7) is 1.31. The lowest BCUT2D eigenvalue weighted by Gasteiger charge is -2.04. The highest BCUT2D eigenvalue weighted by Gasteiger charge is 2.22. The van der Waals surface area contributed by atoms with Gasteiger partial charge in [0.15, 0.2) is 0 Å². The van der Waals surface area contributed by atoms with Crippen molar-refractivity contribution in [3.05, 3.63) is 70.4 Å². The zero-order valence-corrected chi connectivity index (χ0v) is 16.2. The fraction of sp³-hybridized carbons (Fsp3) is 0.105. The minimum atomic E-state index is -0.440. The molecule has 7 heteroatoms. The van der Waals surface area contributed by atoms with Crippen LogP contribution in [0.4, 0.5) is 0 Å². The number of ether oxygens (including phenoxy) is 1. The molecule has 26 heavy (non-hydrogen) atoms. The number of rotatable bonds is 4. The van der Waals surface area contributed by atoms with Crippen LogP contribution in [-0.4, -0.2) is 15.5 Å². The van der Waals surface area contributed by atoms with E-state index in [4.69, 9.17) is 16.3 Å². The van der Waals surface area contributed by atoms with Crippen molar-refractivity contribution in [2.45, 2.75) is 12.7 Å². The Hall–Kier alpha value is -2.02. The second-order valence-corrected chi connectivity index (χ2v) is 7.95. The topological polar surface area (TPSA) is 55.7 Å². The van der Waals surface area contributed by atoms with Crippen LogP contribution in [0.1, 0.15) is 18.1 Å². The number of halogens is 1. The third kappa shape index (κ3) is 5.00. The highest BCUT2D eigenvalue weighted by atomic mass is 35.5. The summed E-state index contributed by atoms with van der Waals surface area (Å²) < 4.78 is 5.72. The highest BCUT2D eigenvalue weighted by Crippen LogP contribution is 2.33. The summed E-state index contributed by atoms with van der Waals surface area (Å²) >= 11 is 8.77. The zero-order chi connectivity index (χ0) is 18.5. The van der Waals surface area contributed by atoms with Crippen LogP contribution in [0.5, 0.6) is 5.75 Å². The summed E-state index contributed by atoms with van der Waals surface area (Å²) in [7, 11) is 0. The Labute approximate surface area is 164 Å². The van der Waals surface area contributed by atoms with E-state index < -0.39 is 5.97 Å². The molecule has 0 saturated carbocycles. The van der Waals surface area contributed by atoms with Gasteiger partial charge in [0.2, 0.25) is 5.12 Å². The molecule has 0 aromatic heterocycles. The van der Waals surface area contributed by atoms with Crippen LogP contribution in [0.2, 0.25) is 5.02 Å². The number of esters is 1. The fourth-order valence-electron chi connectivity index (χ4n) is 2.17. The van der Waals surface area contributed by atoms with E-state index in [1.54, 1.807) is 24.3 Å². The maximum absolute atomic E-state index is 12.2. The Bertz CT molecular complexity index is 910. The van der Waals surface area contributed by atoms with Crippen molar-refractivity contribution in [3.63, 3.8) is 0 Å². The van der Waals surface area contributed by atoms with E-state index in [0.717, 1.165) is 21.9 Å². The third-order valence-electron chi connectivity index (χ3n) is 3.32. The van der Waals surface area contributed by atoms with Crippen LogP contribution in [0.15, 0.2) is 59.2 Å². The summed E-state index contributed by atoms with van der Waals surface area (Å²) in [4.78, 5) is 27.6. The van der Waals surface area contributed by atoms with Crippen molar-refractivity contribution in [2.24, 2.45) is 4.99 Å². The summed E-state index contributed by atoms with van der Waals surface area (Å²) in [6, 6.07) is 15.0. The van der Waals surface area contributed by atoms with Crippen molar-refractivity contribution in [3.8, 4) is 5.75 Å². The molecule has 1 aliphatic heterocycles. The average Bonchev–Trinajstić information content (AvgIpc) is 2.96. The van der Waals surface area contributed by atoms with Gasteiger partial charge in [-0.15, -0.1) is 0 Å². The minimum absolute atomic E-state index is 0.0965. The van der Waals surface area contributed by atoms with Gasteiger partial charge in [-0.1, -0.05) is 59.8 Å². The molecule has 0 bridgehead atoms. The number of benzene rings is 2. The summed E-state index contributed by atoms with van der Waals surface area (Å²) in [5, 5.41) is 0.205. The number of nitrogens with zero attached hydrogens (tertiary/aromatic N) is 1. The number of thioether (sulfide) groups is 2. The van der Waals surface area contributed by atoms with Gasteiger partial charge in [0, 0.05) is 12.7 Å². The summed E-state index contributed by atoms with van der Waals surface area (Å²) in [6.07, 6.45) is 1.68. The first-order valence-electron chi connectivity index (χ1n) is 7.68. The Morgan fingerprint density at radius 1 is 1.27 bits per heavy atom. The first kappa shape index (κ1) is 18.8. The van der Waals surface area contributed by atoms with Crippen LogP contribution in [0.25, 0.3) is 6.08 Å². The third-order valence-corrected chi connectivity index (χ3v) is 5.69. The van der Waals surface area contributed by atoms with Crippen LogP contribution < -0.4 is 4.74 Å². The van der Waals surface area contributed by atoms with E-state index in [0.29, 0.717) is 16.3 Å². The molecule has 0 amide bonds. The Morgan fingerprint density at radius 3 is 2.73 bits per heavy atom. The van der Waals surface area contributed by atoms with E-state index in [-0.39, 0.29) is 10.9 Å². The lowest BCUT2D eigenvalue weighted by molar-refractivity contribution is -0.131. The second-order valence-electron chi connectivity index (χ2n) is 5.35. The summed E-state index contributed by atoms with van der Waals surface area (Å²) in [5.74, 6) is 0.608. The Kier molecular flexibility index (Phi) is 6.19. The van der Waals surface area contributed by atoms with Gasteiger partial charge >= 0.3 is 5.97 Å². The van der Waals surface area contributed by atoms with Crippen molar-refractivity contribution < 1.29 is 14.3 Å². The minimum Gasteiger partial charge on any atom is -0.425 e. The van der Waals surface area contributed by atoms with E-state index in [1.165, 1.54) is 24.2 Å². The molecule has 0 saturated heterocycles. The highest BCUT2D eigenvalue weighted by molar-refractivity contribution is 8.45. The van der Waals surface area contributed by atoms with Gasteiger partial charge in [-0.2, -0.15) is 0 Å². The van der Waals surface area contributed by atoms with Crippen molar-refractivity contribution in [1.82, 2.24) is 0 Å². The van der Waals surface area contributed by atoms with Crippen molar-refractivity contribution in [1.29, 1.82) is 0 Å². The average molecular weight is 404 g/mol. The normalized spacial score (nSPS) is 15.2. The van der Waals surface area contributed by atoms with Crippen LogP contribution in [0, 0.1) is 0 Å². The smallest absolute Gasteiger partial charge is 0.308 e. The van der Waals surface area contributed by atoms with Crippen LogP contribution >= 0.6 is 35.1 Å². The Balaban J connectivity index is 1.71. The number of aliphatic imine (C=N–C) groups is 1. The largest absolute Gasteiger partial charge is 0.425 e. The number of carbonyl (C=O) groups is 2. The molecule has 2 aromatic rings. The quantitative estimate of drug-likeness (QED) is 0.400. The fourth-order valence-corrected chi connectivity index (χ4v) is 4.20. The maximum Gasteiger partial charge on any atom is 0.308 e. The molecule has 0 N–H and O–H groups in total. The molecule has 0 unspecified atom stereocenters.